The van der Waals surface area contributed by atoms with Crippen molar-refractivity contribution in [1.29, 1.82) is 0 Å². The highest BCUT2D eigenvalue weighted by Gasteiger charge is 2.22. The van der Waals surface area contributed by atoms with Gasteiger partial charge in [0.1, 0.15) is 10.6 Å². The predicted molar refractivity (Wildman–Crippen MR) is 90.4 cm³/mol. The molecule has 0 aliphatic rings. The molecule has 2 rings (SSSR count). The Labute approximate surface area is 132 Å². The molecule has 0 aliphatic heterocycles. The third-order valence-electron chi connectivity index (χ3n) is 2.97. The van der Waals surface area contributed by atoms with Crippen molar-refractivity contribution in [3.63, 3.8) is 0 Å². The smallest absolute Gasteiger partial charge is 0.258 e. The zero-order chi connectivity index (χ0) is 15.4. The summed E-state index contributed by atoms with van der Waals surface area (Å²) in [5.41, 5.74) is 6.35. The number of nitrogens with two attached hydrogens (primary N) is 1. The molecule has 21 heavy (non-hydrogen) atoms. The van der Waals surface area contributed by atoms with E-state index < -0.39 is 0 Å². The topological polar surface area (TPSA) is 71.2 Å². The van der Waals surface area contributed by atoms with E-state index in [1.807, 2.05) is 31.9 Å². The van der Waals surface area contributed by atoms with Crippen LogP contribution in [0.5, 0.6) is 0 Å². The van der Waals surface area contributed by atoms with Crippen molar-refractivity contribution in [3.8, 4) is 0 Å². The number of thiophene rings is 1. The van der Waals surface area contributed by atoms with Crippen LogP contribution in [0.4, 0.5) is 10.8 Å². The minimum Gasteiger partial charge on any atom is -0.382 e. The fourth-order valence-electron chi connectivity index (χ4n) is 1.94. The Morgan fingerprint density at radius 3 is 2.90 bits per heavy atom. The first-order valence-corrected chi connectivity index (χ1v) is 8.44. The first kappa shape index (κ1) is 15.8. The maximum absolute atomic E-state index is 12.2. The van der Waals surface area contributed by atoms with Crippen molar-refractivity contribution in [3.05, 3.63) is 28.0 Å². The molecule has 0 unspecified atom stereocenters. The molecule has 3 N–H and O–H groups in total. The highest BCUT2D eigenvalue weighted by atomic mass is 32.1. The number of carbonyl (C=O) groups is 1. The molecule has 2 heterocycles. The molecule has 0 saturated carbocycles. The number of aromatic nitrogens is 1. The number of hydrogen-bond acceptors (Lipinski definition) is 6. The highest BCUT2D eigenvalue weighted by Crippen LogP contribution is 2.30. The Kier molecular flexibility index (Phi) is 5.19. The minimum absolute atomic E-state index is 0.0704. The lowest BCUT2D eigenvalue weighted by Gasteiger charge is -2.18. The zero-order valence-corrected chi connectivity index (χ0v) is 14.1. The largest absolute Gasteiger partial charge is 0.382 e. The summed E-state index contributed by atoms with van der Waals surface area (Å²) >= 11 is 3.01. The molecule has 2 aromatic rings. The van der Waals surface area contributed by atoms with E-state index in [2.05, 4.69) is 21.1 Å². The van der Waals surface area contributed by atoms with E-state index in [-0.39, 0.29) is 11.9 Å². The van der Waals surface area contributed by atoms with Crippen LogP contribution >= 0.6 is 22.9 Å². The van der Waals surface area contributed by atoms with Crippen LogP contribution in [0.3, 0.4) is 0 Å². The van der Waals surface area contributed by atoms with E-state index >= 15 is 0 Å². The van der Waals surface area contributed by atoms with Crippen LogP contribution in [-0.2, 0) is 6.42 Å². The predicted octanol–water partition coefficient (Wildman–Crippen LogP) is 2.60. The molecule has 7 heteroatoms. The molecule has 1 amide bonds. The summed E-state index contributed by atoms with van der Waals surface area (Å²) in [7, 11) is 1.96. The number of hydrogen-bond donors (Lipinski definition) is 2. The molecule has 114 valence electrons. The van der Waals surface area contributed by atoms with Crippen molar-refractivity contribution in [2.75, 3.05) is 24.2 Å². The van der Waals surface area contributed by atoms with Crippen molar-refractivity contribution in [2.45, 2.75) is 26.3 Å². The van der Waals surface area contributed by atoms with Gasteiger partial charge in [-0.2, -0.15) is 4.37 Å². The van der Waals surface area contributed by atoms with Gasteiger partial charge in [-0.1, -0.05) is 6.07 Å². The SMILES string of the molecule is CC(C)NC(=O)c1c(N)nsc1N(C)CCc1cccs1. The quantitative estimate of drug-likeness (QED) is 0.857. The van der Waals surface area contributed by atoms with E-state index in [9.17, 15) is 4.79 Å². The number of nitrogen functional groups attached to an aromatic ring is 1. The van der Waals surface area contributed by atoms with Crippen molar-refractivity contribution in [2.24, 2.45) is 0 Å². The Hall–Kier alpha value is -1.60. The maximum atomic E-state index is 12.2. The third-order valence-corrected chi connectivity index (χ3v) is 4.88. The van der Waals surface area contributed by atoms with Gasteiger partial charge in [-0.3, -0.25) is 4.79 Å². The first-order valence-electron chi connectivity index (χ1n) is 6.78. The summed E-state index contributed by atoms with van der Waals surface area (Å²) in [6.07, 6.45) is 0.942. The van der Waals surface area contributed by atoms with E-state index in [1.165, 1.54) is 16.4 Å². The standard InChI is InChI=1S/C14H20N4OS2/c1-9(2)16-13(19)11-12(15)17-21-14(11)18(3)7-6-10-5-4-8-20-10/h4-5,8-9H,6-7H2,1-3H3,(H2,15,17)(H,16,19). The van der Waals surface area contributed by atoms with Crippen molar-refractivity contribution in [1.82, 2.24) is 9.69 Å². The summed E-state index contributed by atoms with van der Waals surface area (Å²) < 4.78 is 4.13. The van der Waals surface area contributed by atoms with Gasteiger partial charge in [0.2, 0.25) is 0 Å². The average molecular weight is 324 g/mol. The lowest BCUT2D eigenvalue weighted by Crippen LogP contribution is -2.32. The molecule has 0 radical (unpaired) electrons. The van der Waals surface area contributed by atoms with Gasteiger partial charge in [0.05, 0.1) is 0 Å². The van der Waals surface area contributed by atoms with E-state index in [0.29, 0.717) is 11.4 Å². The summed E-state index contributed by atoms with van der Waals surface area (Å²) in [6.45, 7) is 4.67. The fourth-order valence-corrected chi connectivity index (χ4v) is 3.43. The van der Waals surface area contributed by atoms with Gasteiger partial charge in [0.25, 0.3) is 5.91 Å². The van der Waals surface area contributed by atoms with Crippen LogP contribution in [0.2, 0.25) is 0 Å². The lowest BCUT2D eigenvalue weighted by molar-refractivity contribution is 0.0945. The van der Waals surface area contributed by atoms with E-state index in [4.69, 9.17) is 5.73 Å². The summed E-state index contributed by atoms with van der Waals surface area (Å²) in [5.74, 6) is 0.144. The summed E-state index contributed by atoms with van der Waals surface area (Å²) in [5, 5.41) is 5.77. The molecular formula is C14H20N4OS2. The van der Waals surface area contributed by atoms with Gasteiger partial charge in [0.15, 0.2) is 5.82 Å². The summed E-state index contributed by atoms with van der Waals surface area (Å²) in [4.78, 5) is 15.6. The van der Waals surface area contributed by atoms with Crippen molar-refractivity contribution < 1.29 is 4.79 Å². The van der Waals surface area contributed by atoms with Gasteiger partial charge in [-0.15, -0.1) is 11.3 Å². The summed E-state index contributed by atoms with van der Waals surface area (Å²) in [6, 6.07) is 4.24. The Bertz CT molecular complexity index is 592. The number of anilines is 2. The minimum atomic E-state index is -0.158. The van der Waals surface area contributed by atoms with Gasteiger partial charge in [-0.05, 0) is 43.2 Å². The van der Waals surface area contributed by atoms with Crippen LogP contribution in [-0.4, -0.2) is 29.9 Å². The fraction of sp³-hybridized carbons (Fsp3) is 0.429. The normalized spacial score (nSPS) is 10.9. The number of amides is 1. The van der Waals surface area contributed by atoms with Gasteiger partial charge in [0, 0.05) is 24.5 Å². The Morgan fingerprint density at radius 1 is 1.52 bits per heavy atom. The number of likely N-dealkylation sites (N-methyl/N-ethyl adjacent to an activating group) is 1. The molecule has 2 aromatic heterocycles. The monoisotopic (exact) mass is 324 g/mol. The van der Waals surface area contributed by atoms with Gasteiger partial charge in [-0.25, -0.2) is 0 Å². The molecule has 0 atom stereocenters. The third kappa shape index (κ3) is 3.95. The lowest BCUT2D eigenvalue weighted by atomic mass is 10.2. The second-order valence-corrected chi connectivity index (χ2v) is 6.91. The Balaban J connectivity index is 2.10. The molecule has 0 fully saturated rings. The van der Waals surface area contributed by atoms with Crippen LogP contribution in [0.15, 0.2) is 17.5 Å². The maximum Gasteiger partial charge on any atom is 0.258 e. The molecule has 0 saturated heterocycles. The second kappa shape index (κ2) is 6.91. The van der Waals surface area contributed by atoms with Crippen LogP contribution in [0, 0.1) is 0 Å². The number of carbonyl (C=O) groups excluding carboxylic acids is 1. The zero-order valence-electron chi connectivity index (χ0n) is 12.4. The van der Waals surface area contributed by atoms with Gasteiger partial charge < -0.3 is 16.0 Å². The number of rotatable bonds is 6. The van der Waals surface area contributed by atoms with Crippen LogP contribution in [0.25, 0.3) is 0 Å². The van der Waals surface area contributed by atoms with Crippen LogP contribution in [0.1, 0.15) is 29.1 Å². The average Bonchev–Trinajstić information content (AvgIpc) is 3.04. The number of nitrogens with one attached hydrogen (secondary N) is 1. The Morgan fingerprint density at radius 2 is 2.29 bits per heavy atom. The van der Waals surface area contributed by atoms with E-state index in [1.54, 1.807) is 11.3 Å². The molecule has 0 spiro atoms. The van der Waals surface area contributed by atoms with Crippen molar-refractivity contribution >= 4 is 39.6 Å². The molecular weight excluding hydrogens is 304 g/mol. The first-order chi connectivity index (χ1) is 9.99. The van der Waals surface area contributed by atoms with E-state index in [0.717, 1.165) is 18.0 Å². The molecule has 0 aromatic carbocycles. The molecule has 5 nitrogen and oxygen atoms in total. The molecule has 0 aliphatic carbocycles. The highest BCUT2D eigenvalue weighted by molar-refractivity contribution is 7.11. The molecule has 0 bridgehead atoms. The van der Waals surface area contributed by atoms with Gasteiger partial charge >= 0.3 is 0 Å². The second-order valence-electron chi connectivity index (χ2n) is 5.13. The van der Waals surface area contributed by atoms with Crippen LogP contribution < -0.4 is 16.0 Å². The number of nitrogens with zero attached hydrogens (tertiary/aromatic N) is 2.